The van der Waals surface area contributed by atoms with Crippen LogP contribution < -0.4 is 5.73 Å². The van der Waals surface area contributed by atoms with Gasteiger partial charge in [-0.3, -0.25) is 0 Å². The average Bonchev–Trinajstić information content (AvgIpc) is 2.36. The summed E-state index contributed by atoms with van der Waals surface area (Å²) in [4.78, 5) is 11.7. The van der Waals surface area contributed by atoms with Crippen LogP contribution in [0, 0.1) is 6.92 Å². The molecule has 18 heavy (non-hydrogen) atoms. The summed E-state index contributed by atoms with van der Waals surface area (Å²) in [6.07, 6.45) is 2.13. The maximum atomic E-state index is 11.7. The Morgan fingerprint density at radius 1 is 1.28 bits per heavy atom. The van der Waals surface area contributed by atoms with Crippen LogP contribution in [0.5, 0.6) is 0 Å². The summed E-state index contributed by atoms with van der Waals surface area (Å²) in [5.41, 5.74) is 7.77. The lowest BCUT2D eigenvalue weighted by molar-refractivity contribution is 0.0314. The summed E-state index contributed by atoms with van der Waals surface area (Å²) >= 11 is 0. The van der Waals surface area contributed by atoms with Gasteiger partial charge in [-0.1, -0.05) is 19.4 Å². The van der Waals surface area contributed by atoms with E-state index >= 15 is 0 Å². The molecule has 0 heterocycles. The number of esters is 1. The largest absolute Gasteiger partial charge is 0.460 e. The van der Waals surface area contributed by atoms with Gasteiger partial charge in [-0.2, -0.15) is 0 Å². The zero-order valence-electron chi connectivity index (χ0n) is 11.1. The van der Waals surface area contributed by atoms with Gasteiger partial charge in [0.25, 0.3) is 0 Å². The van der Waals surface area contributed by atoms with Crippen molar-refractivity contribution in [2.75, 3.05) is 25.6 Å². The smallest absolute Gasteiger partial charge is 0.338 e. The fourth-order valence-electron chi connectivity index (χ4n) is 1.39. The third-order valence-corrected chi connectivity index (χ3v) is 2.62. The van der Waals surface area contributed by atoms with Crippen molar-refractivity contribution in [2.45, 2.75) is 26.7 Å². The molecule has 0 fully saturated rings. The van der Waals surface area contributed by atoms with Gasteiger partial charge in [0.05, 0.1) is 12.2 Å². The Kier molecular flexibility index (Phi) is 6.22. The Morgan fingerprint density at radius 2 is 2.06 bits per heavy atom. The number of hydrogen-bond donors (Lipinski definition) is 1. The van der Waals surface area contributed by atoms with E-state index in [0.29, 0.717) is 24.5 Å². The average molecular weight is 251 g/mol. The molecule has 0 aliphatic carbocycles. The molecule has 0 amide bonds. The van der Waals surface area contributed by atoms with Crippen LogP contribution in [-0.2, 0) is 9.47 Å². The van der Waals surface area contributed by atoms with E-state index in [0.717, 1.165) is 18.4 Å². The predicted octanol–water partition coefficient (Wildman–Crippen LogP) is 2.55. The molecule has 0 atom stereocenters. The highest BCUT2D eigenvalue weighted by Crippen LogP contribution is 2.13. The summed E-state index contributed by atoms with van der Waals surface area (Å²) in [5, 5.41) is 0. The second-order valence-corrected chi connectivity index (χ2v) is 4.17. The van der Waals surface area contributed by atoms with Crippen LogP contribution in [-0.4, -0.2) is 25.8 Å². The van der Waals surface area contributed by atoms with Gasteiger partial charge in [0.1, 0.15) is 6.61 Å². The second kappa shape index (κ2) is 7.71. The van der Waals surface area contributed by atoms with Crippen LogP contribution in [0.15, 0.2) is 18.2 Å². The Morgan fingerprint density at radius 3 is 2.72 bits per heavy atom. The fraction of sp³-hybridized carbons (Fsp3) is 0.500. The number of nitrogens with two attached hydrogens (primary N) is 1. The highest BCUT2D eigenvalue weighted by Gasteiger charge is 2.07. The minimum Gasteiger partial charge on any atom is -0.460 e. The number of benzene rings is 1. The molecule has 0 saturated heterocycles. The Bertz CT molecular complexity index is 391. The zero-order valence-corrected chi connectivity index (χ0v) is 11.1. The number of unbranched alkanes of at least 4 members (excludes halogenated alkanes) is 1. The lowest BCUT2D eigenvalue weighted by atomic mass is 10.1. The number of carbonyl (C=O) groups excluding carboxylic acids is 1. The highest BCUT2D eigenvalue weighted by molar-refractivity contribution is 5.90. The molecule has 100 valence electrons. The normalized spacial score (nSPS) is 10.3. The molecule has 0 aliphatic heterocycles. The topological polar surface area (TPSA) is 61.5 Å². The molecule has 0 aromatic heterocycles. The Labute approximate surface area is 108 Å². The number of hydrogen-bond acceptors (Lipinski definition) is 4. The summed E-state index contributed by atoms with van der Waals surface area (Å²) in [5.74, 6) is -0.360. The monoisotopic (exact) mass is 251 g/mol. The van der Waals surface area contributed by atoms with Crippen LogP contribution in [0.4, 0.5) is 5.69 Å². The number of rotatable bonds is 7. The minimum absolute atomic E-state index is 0.274. The molecule has 0 saturated carbocycles. The van der Waals surface area contributed by atoms with Crippen LogP contribution >= 0.6 is 0 Å². The Balaban J connectivity index is 2.30. The molecule has 4 nitrogen and oxygen atoms in total. The Hall–Kier alpha value is -1.55. The predicted molar refractivity (Wildman–Crippen MR) is 71.6 cm³/mol. The first-order valence-corrected chi connectivity index (χ1v) is 6.26. The lowest BCUT2D eigenvalue weighted by Gasteiger charge is -2.07. The standard InChI is InChI=1S/C14H21NO3/c1-3-4-7-17-8-9-18-14(16)12-6-5-11(2)13(15)10-12/h5-6,10H,3-4,7-9,15H2,1-2H3. The maximum Gasteiger partial charge on any atom is 0.338 e. The van der Waals surface area contributed by atoms with E-state index in [1.807, 2.05) is 13.0 Å². The third-order valence-electron chi connectivity index (χ3n) is 2.62. The molecule has 4 heteroatoms. The maximum absolute atomic E-state index is 11.7. The van der Waals surface area contributed by atoms with Crippen molar-refractivity contribution in [2.24, 2.45) is 0 Å². The van der Waals surface area contributed by atoms with Gasteiger partial charge >= 0.3 is 5.97 Å². The molecule has 1 aromatic carbocycles. The van der Waals surface area contributed by atoms with E-state index in [1.54, 1.807) is 12.1 Å². The highest BCUT2D eigenvalue weighted by atomic mass is 16.6. The van der Waals surface area contributed by atoms with Crippen molar-refractivity contribution in [3.63, 3.8) is 0 Å². The van der Waals surface area contributed by atoms with Gasteiger partial charge in [0.15, 0.2) is 0 Å². The van der Waals surface area contributed by atoms with Crippen molar-refractivity contribution in [3.8, 4) is 0 Å². The first-order chi connectivity index (χ1) is 8.65. The number of ether oxygens (including phenoxy) is 2. The van der Waals surface area contributed by atoms with E-state index in [1.165, 1.54) is 0 Å². The summed E-state index contributed by atoms with van der Waals surface area (Å²) in [6.45, 7) is 5.42. The van der Waals surface area contributed by atoms with E-state index in [9.17, 15) is 4.79 Å². The van der Waals surface area contributed by atoms with Crippen molar-refractivity contribution in [1.82, 2.24) is 0 Å². The van der Waals surface area contributed by atoms with Gasteiger partial charge in [0, 0.05) is 12.3 Å². The molecular weight excluding hydrogens is 230 g/mol. The van der Waals surface area contributed by atoms with E-state index < -0.39 is 0 Å². The SMILES string of the molecule is CCCCOCCOC(=O)c1ccc(C)c(N)c1. The van der Waals surface area contributed by atoms with Gasteiger partial charge < -0.3 is 15.2 Å². The first kappa shape index (κ1) is 14.5. The molecule has 0 bridgehead atoms. The van der Waals surface area contributed by atoms with Crippen molar-refractivity contribution < 1.29 is 14.3 Å². The van der Waals surface area contributed by atoms with E-state index in [-0.39, 0.29) is 12.6 Å². The molecule has 2 N–H and O–H groups in total. The fourth-order valence-corrected chi connectivity index (χ4v) is 1.39. The van der Waals surface area contributed by atoms with Crippen molar-refractivity contribution in [1.29, 1.82) is 0 Å². The molecule has 1 rings (SSSR count). The van der Waals surface area contributed by atoms with Crippen LogP contribution in [0.2, 0.25) is 0 Å². The van der Waals surface area contributed by atoms with Crippen LogP contribution in [0.3, 0.4) is 0 Å². The van der Waals surface area contributed by atoms with Gasteiger partial charge in [-0.15, -0.1) is 0 Å². The zero-order chi connectivity index (χ0) is 13.4. The van der Waals surface area contributed by atoms with Crippen LogP contribution in [0.1, 0.15) is 35.7 Å². The number of nitrogen functional groups attached to an aromatic ring is 1. The van der Waals surface area contributed by atoms with E-state index in [2.05, 4.69) is 6.92 Å². The van der Waals surface area contributed by atoms with Gasteiger partial charge in [-0.05, 0) is 31.0 Å². The van der Waals surface area contributed by atoms with Gasteiger partial charge in [0.2, 0.25) is 0 Å². The number of anilines is 1. The van der Waals surface area contributed by atoms with Gasteiger partial charge in [-0.25, -0.2) is 4.79 Å². The van der Waals surface area contributed by atoms with E-state index in [4.69, 9.17) is 15.2 Å². The lowest BCUT2D eigenvalue weighted by Crippen LogP contribution is -2.11. The summed E-state index contributed by atoms with van der Waals surface area (Å²) in [6, 6.07) is 5.16. The third kappa shape index (κ3) is 4.75. The van der Waals surface area contributed by atoms with Crippen LogP contribution in [0.25, 0.3) is 0 Å². The molecular formula is C14H21NO3. The minimum atomic E-state index is -0.360. The molecule has 0 aliphatic rings. The molecule has 0 unspecified atom stereocenters. The molecule has 1 aromatic rings. The first-order valence-electron chi connectivity index (χ1n) is 6.26. The van der Waals surface area contributed by atoms with Crippen molar-refractivity contribution in [3.05, 3.63) is 29.3 Å². The molecule has 0 spiro atoms. The van der Waals surface area contributed by atoms with Crippen molar-refractivity contribution >= 4 is 11.7 Å². The molecule has 0 radical (unpaired) electrons. The summed E-state index contributed by atoms with van der Waals surface area (Å²) in [7, 11) is 0. The second-order valence-electron chi connectivity index (χ2n) is 4.17. The summed E-state index contributed by atoms with van der Waals surface area (Å²) < 4.78 is 10.4. The number of carbonyl (C=O) groups is 1. The number of aryl methyl sites for hydroxylation is 1. The quantitative estimate of drug-likeness (QED) is 0.459.